The fourth-order valence-corrected chi connectivity index (χ4v) is 4.08. The Morgan fingerprint density at radius 3 is 2.49 bits per heavy atom. The van der Waals surface area contributed by atoms with E-state index in [0.717, 1.165) is 6.08 Å². The minimum atomic E-state index is -1.21. The van der Waals surface area contributed by atoms with E-state index in [1.54, 1.807) is 19.9 Å². The third-order valence-electron chi connectivity index (χ3n) is 6.22. The zero-order chi connectivity index (χ0) is 27.9. The number of nitrogens with two attached hydrogens (primary N) is 1. The third kappa shape index (κ3) is 7.72. The predicted octanol–water partition coefficient (Wildman–Crippen LogP) is 1.42. The molecule has 1 aliphatic carbocycles. The summed E-state index contributed by atoms with van der Waals surface area (Å²) in [7, 11) is 1.39. The van der Waals surface area contributed by atoms with Crippen LogP contribution in [-0.2, 0) is 23.9 Å². The number of aliphatic hydroxyl groups is 3. The highest BCUT2D eigenvalue weighted by Crippen LogP contribution is 2.25. The molecular formula is C26H34N2O9. The molecule has 0 spiro atoms. The maximum atomic E-state index is 12.6. The number of hydrogen-bond acceptors (Lipinski definition) is 9. The highest BCUT2D eigenvalue weighted by Gasteiger charge is 2.31. The molecule has 202 valence electrons. The van der Waals surface area contributed by atoms with Crippen LogP contribution in [0.15, 0.2) is 58.6 Å². The minimum absolute atomic E-state index is 0.0501. The minimum Gasteiger partial charge on any atom is -0.505 e. The van der Waals surface area contributed by atoms with E-state index in [4.69, 9.17) is 15.2 Å². The molecule has 1 heterocycles. The summed E-state index contributed by atoms with van der Waals surface area (Å²) in [5.74, 6) is -3.53. The van der Waals surface area contributed by atoms with Gasteiger partial charge in [-0.15, -0.1) is 0 Å². The number of Topliss-reactive ketones (excluding diaryl/α,β-unsaturated/α-hetero) is 1. The van der Waals surface area contributed by atoms with Gasteiger partial charge in [0.15, 0.2) is 6.10 Å². The van der Waals surface area contributed by atoms with E-state index in [9.17, 15) is 34.5 Å². The van der Waals surface area contributed by atoms with E-state index in [2.05, 4.69) is 5.32 Å². The number of fused-ring (bicyclic) bond motifs is 1. The van der Waals surface area contributed by atoms with Crippen molar-refractivity contribution >= 4 is 23.6 Å². The first-order valence-corrected chi connectivity index (χ1v) is 11.8. The lowest BCUT2D eigenvalue weighted by Crippen LogP contribution is -2.36. The summed E-state index contributed by atoms with van der Waals surface area (Å²) in [6, 6.07) is 0. The summed E-state index contributed by atoms with van der Waals surface area (Å²) in [5, 5.41) is 34.2. The molecular weight excluding hydrogens is 484 g/mol. The van der Waals surface area contributed by atoms with Gasteiger partial charge in [-0.25, -0.2) is 4.79 Å². The molecule has 5 atom stereocenters. The van der Waals surface area contributed by atoms with Crippen LogP contribution in [0.4, 0.5) is 4.79 Å². The van der Waals surface area contributed by atoms with Gasteiger partial charge >= 0.3 is 6.09 Å². The average molecular weight is 519 g/mol. The molecule has 0 unspecified atom stereocenters. The first-order chi connectivity index (χ1) is 17.4. The van der Waals surface area contributed by atoms with E-state index >= 15 is 0 Å². The lowest BCUT2D eigenvalue weighted by molar-refractivity contribution is -0.132. The van der Waals surface area contributed by atoms with Gasteiger partial charge in [-0.3, -0.25) is 14.4 Å². The maximum absolute atomic E-state index is 12.6. The first kappa shape index (κ1) is 29.7. The molecule has 0 aromatic carbocycles. The number of ketones is 2. The molecule has 2 bridgehead atoms. The van der Waals surface area contributed by atoms with Crippen LogP contribution in [0.5, 0.6) is 0 Å². The van der Waals surface area contributed by atoms with E-state index in [-0.39, 0.29) is 36.1 Å². The molecule has 2 amide bonds. The van der Waals surface area contributed by atoms with Crippen molar-refractivity contribution in [3.63, 3.8) is 0 Å². The lowest BCUT2D eigenvalue weighted by atomic mass is 9.90. The molecule has 11 heteroatoms. The Hall–Kier alpha value is -3.54. The first-order valence-electron chi connectivity index (χ1n) is 11.8. The molecule has 6 N–H and O–H groups in total. The van der Waals surface area contributed by atoms with Gasteiger partial charge in [0.1, 0.15) is 11.9 Å². The zero-order valence-corrected chi connectivity index (χ0v) is 21.3. The third-order valence-corrected chi connectivity index (χ3v) is 6.22. The molecule has 0 radical (unpaired) electrons. The van der Waals surface area contributed by atoms with Gasteiger partial charge in [0, 0.05) is 30.2 Å². The van der Waals surface area contributed by atoms with Gasteiger partial charge in [-0.2, -0.15) is 0 Å². The Kier molecular flexibility index (Phi) is 10.5. The quantitative estimate of drug-likeness (QED) is 0.205. The van der Waals surface area contributed by atoms with Gasteiger partial charge < -0.3 is 35.8 Å². The maximum Gasteiger partial charge on any atom is 0.405 e. The number of nitrogens with one attached hydrogen (secondary N) is 1. The summed E-state index contributed by atoms with van der Waals surface area (Å²) in [4.78, 5) is 48.7. The number of aliphatic hydroxyl groups excluding tert-OH is 3. The van der Waals surface area contributed by atoms with Crippen molar-refractivity contribution in [2.24, 2.45) is 11.7 Å². The summed E-state index contributed by atoms with van der Waals surface area (Å²) >= 11 is 0. The van der Waals surface area contributed by atoms with Crippen LogP contribution in [0.3, 0.4) is 0 Å². The number of allylic oxidation sites excluding steroid dienone is 4. The number of rotatable bonds is 2. The van der Waals surface area contributed by atoms with E-state index in [1.165, 1.54) is 32.3 Å². The van der Waals surface area contributed by atoms with Crippen LogP contribution in [0.2, 0.25) is 0 Å². The van der Waals surface area contributed by atoms with E-state index in [1.807, 2.05) is 0 Å². The second kappa shape index (κ2) is 13.1. The Labute approximate surface area is 215 Å². The largest absolute Gasteiger partial charge is 0.505 e. The second-order valence-electron chi connectivity index (χ2n) is 9.05. The summed E-state index contributed by atoms with van der Waals surface area (Å²) < 4.78 is 10.7. The summed E-state index contributed by atoms with van der Waals surface area (Å²) in [6.07, 6.45) is 1.87. The number of ether oxygens (including phenoxy) is 2. The molecule has 11 nitrogen and oxygen atoms in total. The van der Waals surface area contributed by atoms with E-state index < -0.39 is 59.7 Å². The topological polar surface area (TPSA) is 185 Å². The monoisotopic (exact) mass is 518 g/mol. The molecule has 1 aliphatic heterocycles. The molecule has 2 rings (SSSR count). The van der Waals surface area contributed by atoms with Crippen LogP contribution in [0, 0.1) is 5.92 Å². The van der Waals surface area contributed by atoms with Crippen LogP contribution in [0.1, 0.15) is 40.0 Å². The number of carbonyl (C=O) groups is 4. The fraction of sp³-hybridized carbons (Fsp3) is 0.462. The van der Waals surface area contributed by atoms with Gasteiger partial charge in [0.05, 0.1) is 17.9 Å². The molecule has 0 saturated heterocycles. The second-order valence-corrected chi connectivity index (χ2v) is 9.05. The van der Waals surface area contributed by atoms with E-state index in [0.29, 0.717) is 5.57 Å². The fourth-order valence-electron chi connectivity index (χ4n) is 4.08. The number of amides is 2. The Bertz CT molecular complexity index is 1080. The normalized spacial score (nSPS) is 32.4. The van der Waals surface area contributed by atoms with Crippen molar-refractivity contribution in [2.45, 2.75) is 64.4 Å². The molecule has 0 fully saturated rings. The van der Waals surface area contributed by atoms with Gasteiger partial charge in [-0.05, 0) is 38.7 Å². The number of primary amides is 1. The Balaban J connectivity index is 2.51. The molecule has 37 heavy (non-hydrogen) atoms. The van der Waals surface area contributed by atoms with Gasteiger partial charge in [0.25, 0.3) is 5.91 Å². The highest BCUT2D eigenvalue weighted by molar-refractivity contribution is 6.48. The highest BCUT2D eigenvalue weighted by atomic mass is 16.6. The summed E-state index contributed by atoms with van der Waals surface area (Å²) in [6.45, 7) is 4.82. The van der Waals surface area contributed by atoms with Crippen molar-refractivity contribution in [3.8, 4) is 0 Å². The van der Waals surface area contributed by atoms with Gasteiger partial charge in [0.2, 0.25) is 11.6 Å². The van der Waals surface area contributed by atoms with Crippen LogP contribution < -0.4 is 11.1 Å². The SMILES string of the molecule is CO[C@H]1/C=C\C=C(/C)C(=O)NC2=CC(=O)C(=O)C(=C2O)CCC[C@H](O)[C@H](O)[C@@H](C)/C=C(\C)[C@@H]1OC(N)=O. The smallest absolute Gasteiger partial charge is 0.405 e. The van der Waals surface area contributed by atoms with Crippen molar-refractivity contribution in [1.82, 2.24) is 5.32 Å². The molecule has 0 aromatic heterocycles. The molecule has 2 aliphatic rings. The molecule has 0 aromatic rings. The van der Waals surface area contributed by atoms with Crippen molar-refractivity contribution in [1.29, 1.82) is 0 Å². The number of hydrogen-bond donors (Lipinski definition) is 5. The average Bonchev–Trinajstić information content (AvgIpc) is 2.84. The number of carbonyl (C=O) groups excluding carboxylic acids is 4. The Morgan fingerprint density at radius 1 is 1.19 bits per heavy atom. The number of methoxy groups -OCH3 is 1. The van der Waals surface area contributed by atoms with Crippen molar-refractivity contribution in [3.05, 3.63) is 58.6 Å². The molecule has 0 saturated carbocycles. The predicted molar refractivity (Wildman–Crippen MR) is 133 cm³/mol. The van der Waals surface area contributed by atoms with Crippen LogP contribution >= 0.6 is 0 Å². The van der Waals surface area contributed by atoms with Gasteiger partial charge in [-0.1, -0.05) is 31.2 Å². The lowest BCUT2D eigenvalue weighted by Gasteiger charge is -2.27. The Morgan fingerprint density at radius 2 is 1.86 bits per heavy atom. The standard InChI is InChI=1S/C26H34N2O9/c1-13-7-5-10-20(36-4)24(37-26(27)35)15(3)11-14(2)21(31)18(29)9-6-8-16-22(32)17(28-25(13)34)12-19(30)23(16)33/h5,7,10-12,14,18,20-21,24,29,31-32H,6,8-9H2,1-4H3,(H2,27,35)(H,28,34)/b10-5-,13-7+,15-11+/t14-,18-,20-,21+,24-/m0/s1. The summed E-state index contributed by atoms with van der Waals surface area (Å²) in [5.41, 5.74) is 5.56. The zero-order valence-electron chi connectivity index (χ0n) is 21.3. The van der Waals surface area contributed by atoms with Crippen molar-refractivity contribution in [2.75, 3.05) is 7.11 Å². The van der Waals surface area contributed by atoms with Crippen LogP contribution in [0.25, 0.3) is 0 Å². The van der Waals surface area contributed by atoms with Crippen molar-refractivity contribution < 1.29 is 44.0 Å². The van der Waals surface area contributed by atoms with Crippen LogP contribution in [-0.4, -0.2) is 70.4 Å².